The summed E-state index contributed by atoms with van der Waals surface area (Å²) in [6, 6.07) is 23.2. The zero-order valence-electron chi connectivity index (χ0n) is 19.6. The fourth-order valence-corrected chi connectivity index (χ4v) is 4.88. The van der Waals surface area contributed by atoms with Crippen molar-refractivity contribution in [2.45, 2.75) is 57.2 Å². The van der Waals surface area contributed by atoms with Crippen molar-refractivity contribution >= 4 is 27.7 Å². The molecule has 3 aromatic carbocycles. The van der Waals surface area contributed by atoms with E-state index in [0.29, 0.717) is 12.0 Å². The van der Waals surface area contributed by atoms with Gasteiger partial charge in [-0.05, 0) is 47.7 Å². The molecule has 3 aromatic rings. The number of hydrogen-bond acceptors (Lipinski definition) is 2. The maximum Gasteiger partial charge on any atom is 0.243 e. The van der Waals surface area contributed by atoms with Crippen molar-refractivity contribution in [1.82, 2.24) is 10.2 Å². The molecular formula is C29H30BrFN2O2. The fraction of sp³-hybridized carbons (Fsp3) is 0.310. The molecule has 35 heavy (non-hydrogen) atoms. The van der Waals surface area contributed by atoms with Crippen molar-refractivity contribution in [2.75, 3.05) is 0 Å². The molecule has 1 saturated carbocycles. The quantitative estimate of drug-likeness (QED) is 0.374. The summed E-state index contributed by atoms with van der Waals surface area (Å²) >= 11 is 3.45. The third-order valence-electron chi connectivity index (χ3n) is 6.54. The second-order valence-electron chi connectivity index (χ2n) is 9.11. The monoisotopic (exact) mass is 536 g/mol. The van der Waals surface area contributed by atoms with Crippen LogP contribution < -0.4 is 5.32 Å². The number of nitrogens with zero attached hydrogens (tertiary/aromatic N) is 1. The molecular weight excluding hydrogens is 507 g/mol. The van der Waals surface area contributed by atoms with Gasteiger partial charge in [-0.1, -0.05) is 89.4 Å². The molecule has 1 atom stereocenters. The highest BCUT2D eigenvalue weighted by molar-refractivity contribution is 9.10. The van der Waals surface area contributed by atoms with E-state index in [1.807, 2.05) is 54.6 Å². The highest BCUT2D eigenvalue weighted by Gasteiger charge is 2.32. The van der Waals surface area contributed by atoms with Gasteiger partial charge in [0.05, 0.1) is 6.42 Å². The molecule has 0 saturated heterocycles. The molecule has 0 heterocycles. The number of nitrogens with one attached hydrogen (secondary N) is 1. The van der Waals surface area contributed by atoms with Gasteiger partial charge in [0.15, 0.2) is 0 Å². The third kappa shape index (κ3) is 7.01. The smallest absolute Gasteiger partial charge is 0.243 e. The lowest BCUT2D eigenvalue weighted by Crippen LogP contribution is -2.52. The van der Waals surface area contributed by atoms with E-state index < -0.39 is 11.9 Å². The number of rotatable bonds is 9. The van der Waals surface area contributed by atoms with Crippen LogP contribution >= 0.6 is 15.9 Å². The molecule has 0 radical (unpaired) electrons. The van der Waals surface area contributed by atoms with Gasteiger partial charge < -0.3 is 10.2 Å². The number of halogens is 2. The topological polar surface area (TPSA) is 49.4 Å². The lowest BCUT2D eigenvalue weighted by molar-refractivity contribution is -0.141. The SMILES string of the molecule is O=C(NC1CCCC1)C(Cc1ccccc1)N(Cc1ccc(Br)cc1)C(=O)Cc1ccccc1F. The summed E-state index contributed by atoms with van der Waals surface area (Å²) in [6.07, 6.45) is 4.40. The van der Waals surface area contributed by atoms with Gasteiger partial charge in [-0.3, -0.25) is 9.59 Å². The first-order chi connectivity index (χ1) is 17.0. The minimum absolute atomic E-state index is 0.106. The highest BCUT2D eigenvalue weighted by atomic mass is 79.9. The van der Waals surface area contributed by atoms with Crippen molar-refractivity contribution in [2.24, 2.45) is 0 Å². The molecule has 0 aromatic heterocycles. The average Bonchev–Trinajstić information content (AvgIpc) is 3.37. The zero-order chi connectivity index (χ0) is 24.6. The van der Waals surface area contributed by atoms with Crippen LogP contribution in [0, 0.1) is 5.82 Å². The van der Waals surface area contributed by atoms with Gasteiger partial charge in [0.1, 0.15) is 11.9 Å². The van der Waals surface area contributed by atoms with E-state index in [0.717, 1.165) is 41.3 Å². The molecule has 1 aliphatic rings. The van der Waals surface area contributed by atoms with Crippen molar-refractivity contribution in [1.29, 1.82) is 0 Å². The maximum atomic E-state index is 14.4. The Morgan fingerprint density at radius 2 is 1.57 bits per heavy atom. The van der Waals surface area contributed by atoms with E-state index in [1.165, 1.54) is 6.07 Å². The number of benzene rings is 3. The Hall–Kier alpha value is -2.99. The molecule has 182 valence electrons. The Kier molecular flexibility index (Phi) is 8.69. The van der Waals surface area contributed by atoms with E-state index >= 15 is 0 Å². The third-order valence-corrected chi connectivity index (χ3v) is 7.07. The number of hydrogen-bond donors (Lipinski definition) is 1. The van der Waals surface area contributed by atoms with E-state index in [4.69, 9.17) is 0 Å². The molecule has 4 rings (SSSR count). The summed E-state index contributed by atoms with van der Waals surface area (Å²) in [5, 5.41) is 3.19. The molecule has 2 amide bonds. The molecule has 1 unspecified atom stereocenters. The molecule has 0 bridgehead atoms. The largest absolute Gasteiger partial charge is 0.352 e. The van der Waals surface area contributed by atoms with Crippen molar-refractivity contribution in [3.63, 3.8) is 0 Å². The molecule has 6 heteroatoms. The number of carbonyl (C=O) groups excluding carboxylic acids is 2. The summed E-state index contributed by atoms with van der Waals surface area (Å²) in [5.74, 6) is -0.847. The van der Waals surface area contributed by atoms with E-state index in [9.17, 15) is 14.0 Å². The fourth-order valence-electron chi connectivity index (χ4n) is 4.61. The predicted molar refractivity (Wildman–Crippen MR) is 139 cm³/mol. The summed E-state index contributed by atoms with van der Waals surface area (Å²) < 4.78 is 15.3. The molecule has 0 spiro atoms. The van der Waals surface area contributed by atoms with E-state index in [-0.39, 0.29) is 30.8 Å². The first kappa shape index (κ1) is 25.1. The van der Waals surface area contributed by atoms with Crippen LogP contribution in [0.5, 0.6) is 0 Å². The van der Waals surface area contributed by atoms with Crippen LogP contribution in [0.3, 0.4) is 0 Å². The van der Waals surface area contributed by atoms with E-state index in [1.54, 1.807) is 23.1 Å². The summed E-state index contributed by atoms with van der Waals surface area (Å²) in [4.78, 5) is 28.9. The van der Waals surface area contributed by atoms with Gasteiger partial charge in [-0.25, -0.2) is 4.39 Å². The first-order valence-corrected chi connectivity index (χ1v) is 12.9. The second kappa shape index (κ2) is 12.1. The Bertz CT molecular complexity index is 1130. The predicted octanol–water partition coefficient (Wildman–Crippen LogP) is 5.83. The normalized spacial score (nSPS) is 14.5. The molecule has 1 fully saturated rings. The molecule has 1 aliphatic carbocycles. The number of amides is 2. The Morgan fingerprint density at radius 1 is 0.914 bits per heavy atom. The first-order valence-electron chi connectivity index (χ1n) is 12.1. The van der Waals surface area contributed by atoms with Crippen LogP contribution in [0.15, 0.2) is 83.3 Å². The zero-order valence-corrected chi connectivity index (χ0v) is 21.2. The highest BCUT2D eigenvalue weighted by Crippen LogP contribution is 2.21. The average molecular weight is 537 g/mol. The van der Waals surface area contributed by atoms with Crippen molar-refractivity contribution in [3.8, 4) is 0 Å². The lowest BCUT2D eigenvalue weighted by atomic mass is 10.0. The summed E-state index contributed by atoms with van der Waals surface area (Å²) in [5.41, 5.74) is 2.20. The van der Waals surface area contributed by atoms with Gasteiger partial charge in [0.25, 0.3) is 0 Å². The standard InChI is InChI=1S/C29H30BrFN2O2/c30-24-16-14-22(15-17-24)20-33(28(34)19-23-10-4-7-13-26(23)31)27(18-21-8-2-1-3-9-21)29(35)32-25-11-5-6-12-25/h1-4,7-10,13-17,25,27H,5-6,11-12,18-20H2,(H,32,35). The molecule has 1 N–H and O–H groups in total. The summed E-state index contributed by atoms with van der Waals surface area (Å²) in [6.45, 7) is 0.260. The van der Waals surface area contributed by atoms with Gasteiger partial charge in [-0.15, -0.1) is 0 Å². The van der Waals surface area contributed by atoms with Crippen LogP contribution in [0.25, 0.3) is 0 Å². The summed E-state index contributed by atoms with van der Waals surface area (Å²) in [7, 11) is 0. The van der Waals surface area contributed by atoms with Crippen LogP contribution in [-0.2, 0) is 29.0 Å². The Labute approximate surface area is 214 Å². The Morgan fingerprint density at radius 3 is 2.26 bits per heavy atom. The lowest BCUT2D eigenvalue weighted by Gasteiger charge is -2.32. The molecule has 4 nitrogen and oxygen atoms in total. The van der Waals surface area contributed by atoms with Crippen LogP contribution in [0.4, 0.5) is 4.39 Å². The van der Waals surface area contributed by atoms with Crippen molar-refractivity contribution in [3.05, 3.63) is 106 Å². The van der Waals surface area contributed by atoms with Gasteiger partial charge in [-0.2, -0.15) is 0 Å². The second-order valence-corrected chi connectivity index (χ2v) is 10.0. The minimum Gasteiger partial charge on any atom is -0.352 e. The maximum absolute atomic E-state index is 14.4. The van der Waals surface area contributed by atoms with Crippen molar-refractivity contribution < 1.29 is 14.0 Å². The van der Waals surface area contributed by atoms with Gasteiger partial charge in [0, 0.05) is 23.5 Å². The van der Waals surface area contributed by atoms with Gasteiger partial charge >= 0.3 is 0 Å². The van der Waals surface area contributed by atoms with Gasteiger partial charge in [0.2, 0.25) is 11.8 Å². The van der Waals surface area contributed by atoms with Crippen LogP contribution in [0.2, 0.25) is 0 Å². The minimum atomic E-state index is -0.707. The molecule has 0 aliphatic heterocycles. The van der Waals surface area contributed by atoms with Crippen LogP contribution in [-0.4, -0.2) is 28.8 Å². The Balaban J connectivity index is 1.66. The van der Waals surface area contributed by atoms with E-state index in [2.05, 4.69) is 21.2 Å². The number of carbonyl (C=O) groups is 2. The van der Waals surface area contributed by atoms with Crippen LogP contribution in [0.1, 0.15) is 42.4 Å².